The monoisotopic (exact) mass is 522 g/mol. The van der Waals surface area contributed by atoms with E-state index in [1.54, 1.807) is 12.2 Å². The minimum Gasteiger partial charge on any atom is -0.309 e. The zero-order chi connectivity index (χ0) is 27.9. The van der Waals surface area contributed by atoms with Crippen molar-refractivity contribution in [3.05, 3.63) is 152 Å². The van der Waals surface area contributed by atoms with Crippen molar-refractivity contribution in [2.45, 2.75) is 0 Å². The van der Waals surface area contributed by atoms with E-state index >= 15 is 0 Å². The van der Waals surface area contributed by atoms with E-state index in [2.05, 4.69) is 121 Å². The van der Waals surface area contributed by atoms with Gasteiger partial charge in [0.25, 0.3) is 0 Å². The third kappa shape index (κ3) is 3.87. The van der Waals surface area contributed by atoms with Crippen molar-refractivity contribution in [1.29, 1.82) is 5.26 Å². The zero-order valence-corrected chi connectivity index (χ0v) is 22.5. The molecule has 2 nitrogen and oxygen atoms in total. The Hall–Kier alpha value is -5.65. The fourth-order valence-electron chi connectivity index (χ4n) is 6.09. The van der Waals surface area contributed by atoms with Gasteiger partial charge in [0.15, 0.2) is 0 Å². The van der Waals surface area contributed by atoms with E-state index in [1.807, 2.05) is 24.3 Å². The maximum absolute atomic E-state index is 9.24. The third-order valence-electron chi connectivity index (χ3n) is 7.93. The number of fused-ring (bicyclic) bond motifs is 6. The molecule has 2 heteroatoms. The fraction of sp³-hybridized carbons (Fsp3) is 0. The normalized spacial score (nSPS) is 11.1. The predicted molar refractivity (Wildman–Crippen MR) is 173 cm³/mol. The van der Waals surface area contributed by atoms with Gasteiger partial charge >= 0.3 is 0 Å². The standard InChI is InChI=1S/C35H20N2.C4H6/c36-21-22-11-15-26(16-12-22)37-33-10-2-1-7-28(33)32-20-25(14-18-34(32)37)24-13-17-27-29-8-3-5-23-6-4-9-30(35(23)29)31(27)19-24;1-3-4-2/h1-20H;3-4H,1-2H2. The molecule has 0 unspecified atom stereocenters. The summed E-state index contributed by atoms with van der Waals surface area (Å²) >= 11 is 0. The number of nitrogens with zero attached hydrogens (tertiary/aromatic N) is 2. The summed E-state index contributed by atoms with van der Waals surface area (Å²) in [6, 6.07) is 45.4. The number of para-hydroxylation sites is 1. The number of hydrogen-bond acceptors (Lipinski definition) is 1. The molecule has 1 aromatic heterocycles. The van der Waals surface area contributed by atoms with Crippen LogP contribution < -0.4 is 0 Å². The molecule has 0 radical (unpaired) electrons. The number of aromatic nitrogens is 1. The van der Waals surface area contributed by atoms with Gasteiger partial charge in [0.05, 0.1) is 22.7 Å². The fourth-order valence-corrected chi connectivity index (χ4v) is 6.09. The van der Waals surface area contributed by atoms with E-state index in [0.29, 0.717) is 5.56 Å². The molecule has 8 rings (SSSR count). The molecule has 0 fully saturated rings. The maximum atomic E-state index is 9.24. The number of benzene rings is 6. The molecule has 41 heavy (non-hydrogen) atoms. The summed E-state index contributed by atoms with van der Waals surface area (Å²) in [4.78, 5) is 0. The van der Waals surface area contributed by atoms with Gasteiger partial charge in [0.1, 0.15) is 0 Å². The van der Waals surface area contributed by atoms with Crippen molar-refractivity contribution in [1.82, 2.24) is 4.57 Å². The van der Waals surface area contributed by atoms with Gasteiger partial charge in [-0.2, -0.15) is 5.26 Å². The summed E-state index contributed by atoms with van der Waals surface area (Å²) in [5.74, 6) is 0. The highest BCUT2D eigenvalue weighted by molar-refractivity contribution is 6.16. The molecule has 0 bridgehead atoms. The van der Waals surface area contributed by atoms with Gasteiger partial charge in [-0.25, -0.2) is 0 Å². The molecule has 192 valence electrons. The van der Waals surface area contributed by atoms with Gasteiger partial charge < -0.3 is 4.57 Å². The van der Waals surface area contributed by atoms with Crippen LogP contribution in [0.5, 0.6) is 0 Å². The lowest BCUT2D eigenvalue weighted by Crippen LogP contribution is -1.93. The first-order valence-corrected chi connectivity index (χ1v) is 13.7. The number of nitriles is 1. The molecular formula is C39H26N2. The molecular weight excluding hydrogens is 496 g/mol. The van der Waals surface area contributed by atoms with Crippen LogP contribution in [-0.4, -0.2) is 4.57 Å². The Labute approximate surface area is 239 Å². The third-order valence-corrected chi connectivity index (χ3v) is 7.93. The van der Waals surface area contributed by atoms with Crippen LogP contribution in [0.2, 0.25) is 0 Å². The lowest BCUT2D eigenvalue weighted by Gasteiger charge is -2.09. The van der Waals surface area contributed by atoms with Crippen LogP contribution in [0.4, 0.5) is 0 Å². The van der Waals surface area contributed by atoms with E-state index in [-0.39, 0.29) is 0 Å². The highest BCUT2D eigenvalue weighted by Crippen LogP contribution is 2.48. The van der Waals surface area contributed by atoms with Gasteiger partial charge in [0, 0.05) is 16.5 Å². The van der Waals surface area contributed by atoms with Crippen molar-refractivity contribution in [3.63, 3.8) is 0 Å². The smallest absolute Gasteiger partial charge is 0.0991 e. The molecule has 6 aromatic carbocycles. The summed E-state index contributed by atoms with van der Waals surface area (Å²) in [6.45, 7) is 6.72. The quantitative estimate of drug-likeness (QED) is 0.212. The lowest BCUT2D eigenvalue weighted by molar-refractivity contribution is 1.18. The molecule has 7 aromatic rings. The second-order valence-electron chi connectivity index (χ2n) is 10.2. The van der Waals surface area contributed by atoms with E-state index in [4.69, 9.17) is 0 Å². The summed E-state index contributed by atoms with van der Waals surface area (Å²) < 4.78 is 2.29. The molecule has 0 aliphatic heterocycles. The molecule has 0 saturated heterocycles. The Balaban J connectivity index is 0.000000651. The van der Waals surface area contributed by atoms with E-state index in [9.17, 15) is 5.26 Å². The van der Waals surface area contributed by atoms with Gasteiger partial charge in [-0.3, -0.25) is 0 Å². The van der Waals surface area contributed by atoms with Gasteiger partial charge in [-0.05, 0) is 92.7 Å². The second-order valence-corrected chi connectivity index (χ2v) is 10.2. The first kappa shape index (κ1) is 24.4. The Bertz CT molecular complexity index is 2180. The highest BCUT2D eigenvalue weighted by atomic mass is 15.0. The molecule has 0 spiro atoms. The van der Waals surface area contributed by atoms with Crippen molar-refractivity contribution in [2.75, 3.05) is 0 Å². The van der Waals surface area contributed by atoms with Crippen LogP contribution in [0, 0.1) is 11.3 Å². The number of hydrogen-bond donors (Lipinski definition) is 0. The maximum Gasteiger partial charge on any atom is 0.0991 e. The van der Waals surface area contributed by atoms with Crippen LogP contribution >= 0.6 is 0 Å². The minimum atomic E-state index is 0.668. The van der Waals surface area contributed by atoms with Crippen molar-refractivity contribution < 1.29 is 0 Å². The van der Waals surface area contributed by atoms with Crippen LogP contribution in [0.25, 0.3) is 71.6 Å². The Morgan fingerprint density at radius 1 is 0.561 bits per heavy atom. The molecule has 0 atom stereocenters. The lowest BCUT2D eigenvalue weighted by atomic mass is 9.96. The number of allylic oxidation sites excluding steroid dienone is 2. The Kier molecular flexibility index (Phi) is 5.85. The van der Waals surface area contributed by atoms with Gasteiger partial charge in [0.2, 0.25) is 0 Å². The van der Waals surface area contributed by atoms with Gasteiger partial charge in [-0.15, -0.1) is 0 Å². The molecule has 0 N–H and O–H groups in total. The van der Waals surface area contributed by atoms with Crippen LogP contribution in [0.1, 0.15) is 5.56 Å². The highest BCUT2D eigenvalue weighted by Gasteiger charge is 2.21. The zero-order valence-electron chi connectivity index (χ0n) is 22.5. The second kappa shape index (κ2) is 9.83. The van der Waals surface area contributed by atoms with Crippen LogP contribution in [-0.2, 0) is 0 Å². The molecule has 1 aliphatic carbocycles. The summed E-state index contributed by atoms with van der Waals surface area (Å²) in [5, 5.41) is 14.3. The predicted octanol–water partition coefficient (Wildman–Crippen LogP) is 10.5. The van der Waals surface area contributed by atoms with Crippen molar-refractivity contribution in [3.8, 4) is 45.1 Å². The summed E-state index contributed by atoms with van der Waals surface area (Å²) in [6.07, 6.45) is 3.28. The Morgan fingerprint density at radius 3 is 1.95 bits per heavy atom. The number of rotatable bonds is 3. The van der Waals surface area contributed by atoms with E-state index in [1.165, 1.54) is 54.9 Å². The topological polar surface area (TPSA) is 28.7 Å². The van der Waals surface area contributed by atoms with Crippen molar-refractivity contribution >= 4 is 32.6 Å². The van der Waals surface area contributed by atoms with Crippen LogP contribution in [0.3, 0.4) is 0 Å². The summed E-state index contributed by atoms with van der Waals surface area (Å²) in [7, 11) is 0. The average molecular weight is 523 g/mol. The molecule has 0 saturated carbocycles. The van der Waals surface area contributed by atoms with Gasteiger partial charge in [-0.1, -0.05) is 98.1 Å². The van der Waals surface area contributed by atoms with Crippen LogP contribution in [0.15, 0.2) is 147 Å². The SMILES string of the molecule is C=CC=C.N#Cc1ccc(-n2c3ccccc3c3cc(-c4ccc5c(c4)-c4cccc6cccc-5c46)ccc32)cc1. The Morgan fingerprint density at radius 2 is 1.22 bits per heavy atom. The summed E-state index contributed by atoms with van der Waals surface area (Å²) in [5.41, 5.74) is 11.8. The molecule has 1 aliphatic rings. The molecule has 1 heterocycles. The van der Waals surface area contributed by atoms with E-state index < -0.39 is 0 Å². The minimum absolute atomic E-state index is 0.668. The first-order chi connectivity index (χ1) is 20.2. The van der Waals surface area contributed by atoms with E-state index in [0.717, 1.165) is 16.7 Å². The molecule has 0 amide bonds. The van der Waals surface area contributed by atoms with Crippen molar-refractivity contribution in [2.24, 2.45) is 0 Å². The first-order valence-electron chi connectivity index (χ1n) is 13.7. The average Bonchev–Trinajstić information content (AvgIpc) is 3.55. The largest absolute Gasteiger partial charge is 0.309 e.